The maximum atomic E-state index is 12.0. The summed E-state index contributed by atoms with van der Waals surface area (Å²) in [6, 6.07) is 0.109. The summed E-state index contributed by atoms with van der Waals surface area (Å²) in [6.07, 6.45) is -5.54. The summed E-state index contributed by atoms with van der Waals surface area (Å²) >= 11 is 0. The van der Waals surface area contributed by atoms with Crippen molar-refractivity contribution in [3.63, 3.8) is 0 Å². The summed E-state index contributed by atoms with van der Waals surface area (Å²) < 4.78 is 45.6. The SMILES string of the molecule is CC(OCC(F)(F)F)C(=O)NCC(C)N1CCOCC1. The van der Waals surface area contributed by atoms with E-state index < -0.39 is 24.8 Å². The molecule has 5 nitrogen and oxygen atoms in total. The largest absolute Gasteiger partial charge is 0.411 e. The number of morpholine rings is 1. The Morgan fingerprint density at radius 2 is 1.95 bits per heavy atom. The predicted octanol–water partition coefficient (Wildman–Crippen LogP) is 0.791. The Morgan fingerprint density at radius 3 is 2.50 bits per heavy atom. The molecule has 0 aromatic rings. The molecule has 1 aliphatic rings. The number of ether oxygens (including phenoxy) is 2. The molecule has 0 bridgehead atoms. The van der Waals surface area contributed by atoms with Crippen LogP contribution in [0.4, 0.5) is 13.2 Å². The Bertz CT molecular complexity index is 307. The molecule has 0 aromatic heterocycles. The van der Waals surface area contributed by atoms with Gasteiger partial charge in [-0.25, -0.2) is 0 Å². The highest BCUT2D eigenvalue weighted by Gasteiger charge is 2.30. The fourth-order valence-electron chi connectivity index (χ4n) is 1.83. The standard InChI is InChI=1S/C12H21F3N2O3/c1-9(17-3-5-19-6-4-17)7-16-11(18)10(2)20-8-12(13,14)15/h9-10H,3-8H2,1-2H3,(H,16,18). The summed E-state index contributed by atoms with van der Waals surface area (Å²) in [7, 11) is 0. The number of nitrogens with zero attached hydrogens (tertiary/aromatic N) is 1. The lowest BCUT2D eigenvalue weighted by molar-refractivity contribution is -0.185. The Hall–Kier alpha value is -0.860. The summed E-state index contributed by atoms with van der Waals surface area (Å²) in [5, 5.41) is 2.60. The van der Waals surface area contributed by atoms with E-state index in [0.29, 0.717) is 19.8 Å². The van der Waals surface area contributed by atoms with E-state index >= 15 is 0 Å². The van der Waals surface area contributed by atoms with Crippen LogP contribution in [0.3, 0.4) is 0 Å². The minimum absolute atomic E-state index is 0.109. The van der Waals surface area contributed by atoms with Crippen molar-refractivity contribution in [3.05, 3.63) is 0 Å². The first-order valence-electron chi connectivity index (χ1n) is 6.57. The smallest absolute Gasteiger partial charge is 0.379 e. The van der Waals surface area contributed by atoms with E-state index in [1.807, 2.05) is 6.92 Å². The number of rotatable bonds is 6. The first-order valence-corrected chi connectivity index (χ1v) is 6.57. The highest BCUT2D eigenvalue weighted by molar-refractivity contribution is 5.80. The maximum absolute atomic E-state index is 12.0. The molecule has 1 N–H and O–H groups in total. The van der Waals surface area contributed by atoms with Crippen LogP contribution >= 0.6 is 0 Å². The van der Waals surface area contributed by atoms with Gasteiger partial charge < -0.3 is 14.8 Å². The van der Waals surface area contributed by atoms with Gasteiger partial charge in [-0.2, -0.15) is 13.2 Å². The first-order chi connectivity index (χ1) is 9.29. The second-order valence-corrected chi connectivity index (χ2v) is 4.81. The van der Waals surface area contributed by atoms with Crippen LogP contribution in [0.5, 0.6) is 0 Å². The lowest BCUT2D eigenvalue weighted by Crippen LogP contribution is -2.48. The van der Waals surface area contributed by atoms with Crippen molar-refractivity contribution in [1.82, 2.24) is 10.2 Å². The van der Waals surface area contributed by atoms with Crippen molar-refractivity contribution in [2.24, 2.45) is 0 Å². The second-order valence-electron chi connectivity index (χ2n) is 4.81. The van der Waals surface area contributed by atoms with Crippen LogP contribution in [-0.2, 0) is 14.3 Å². The van der Waals surface area contributed by atoms with E-state index in [-0.39, 0.29) is 6.04 Å². The van der Waals surface area contributed by atoms with Gasteiger partial charge >= 0.3 is 6.18 Å². The van der Waals surface area contributed by atoms with Gasteiger partial charge in [-0.05, 0) is 13.8 Å². The molecule has 0 aromatic carbocycles. The van der Waals surface area contributed by atoms with Gasteiger partial charge in [-0.3, -0.25) is 9.69 Å². The van der Waals surface area contributed by atoms with Crippen molar-refractivity contribution >= 4 is 5.91 Å². The number of hydrogen-bond acceptors (Lipinski definition) is 4. The zero-order chi connectivity index (χ0) is 15.2. The van der Waals surface area contributed by atoms with Gasteiger partial charge in [0.05, 0.1) is 13.2 Å². The van der Waals surface area contributed by atoms with Gasteiger partial charge in [-0.1, -0.05) is 0 Å². The maximum Gasteiger partial charge on any atom is 0.411 e. The van der Waals surface area contributed by atoms with E-state index in [1.165, 1.54) is 6.92 Å². The van der Waals surface area contributed by atoms with Gasteiger partial charge in [0.2, 0.25) is 5.91 Å². The molecular formula is C12H21F3N2O3. The highest BCUT2D eigenvalue weighted by Crippen LogP contribution is 2.15. The van der Waals surface area contributed by atoms with Crippen molar-refractivity contribution in [1.29, 1.82) is 0 Å². The van der Waals surface area contributed by atoms with Crippen molar-refractivity contribution < 1.29 is 27.4 Å². The zero-order valence-corrected chi connectivity index (χ0v) is 11.7. The number of halogens is 3. The van der Waals surface area contributed by atoms with Crippen LogP contribution in [0.2, 0.25) is 0 Å². The summed E-state index contributed by atoms with van der Waals surface area (Å²) in [6.45, 7) is 5.10. The van der Waals surface area contributed by atoms with Crippen LogP contribution < -0.4 is 5.32 Å². The third-order valence-corrected chi connectivity index (χ3v) is 3.11. The average molecular weight is 298 g/mol. The minimum Gasteiger partial charge on any atom is -0.379 e. The molecule has 1 aliphatic heterocycles. The molecular weight excluding hydrogens is 277 g/mol. The molecule has 1 rings (SSSR count). The molecule has 118 valence electrons. The Labute approximate surface area is 116 Å². The summed E-state index contributed by atoms with van der Waals surface area (Å²) in [5.74, 6) is -0.533. The third kappa shape index (κ3) is 6.53. The summed E-state index contributed by atoms with van der Waals surface area (Å²) in [4.78, 5) is 13.8. The number of alkyl halides is 3. The molecule has 0 spiro atoms. The number of carbonyl (C=O) groups excluding carboxylic acids is 1. The lowest BCUT2D eigenvalue weighted by Gasteiger charge is -2.32. The number of nitrogens with one attached hydrogen (secondary N) is 1. The van der Waals surface area contributed by atoms with E-state index in [2.05, 4.69) is 15.0 Å². The Balaban J connectivity index is 2.24. The number of amides is 1. The van der Waals surface area contributed by atoms with Gasteiger partial charge in [0.25, 0.3) is 0 Å². The monoisotopic (exact) mass is 298 g/mol. The van der Waals surface area contributed by atoms with Crippen LogP contribution in [0, 0.1) is 0 Å². The van der Waals surface area contributed by atoms with Gasteiger partial charge in [0.15, 0.2) is 0 Å². The molecule has 8 heteroatoms. The van der Waals surface area contributed by atoms with Gasteiger partial charge in [0, 0.05) is 25.7 Å². The first kappa shape index (κ1) is 17.2. The van der Waals surface area contributed by atoms with Crippen LogP contribution in [-0.4, -0.2) is 68.6 Å². The fraction of sp³-hybridized carbons (Fsp3) is 0.917. The van der Waals surface area contributed by atoms with E-state index in [4.69, 9.17) is 4.74 Å². The van der Waals surface area contributed by atoms with E-state index in [1.54, 1.807) is 0 Å². The van der Waals surface area contributed by atoms with Crippen LogP contribution in [0.15, 0.2) is 0 Å². The molecule has 2 unspecified atom stereocenters. The minimum atomic E-state index is -4.42. The van der Waals surface area contributed by atoms with Gasteiger partial charge in [-0.15, -0.1) is 0 Å². The predicted molar refractivity (Wildman–Crippen MR) is 66.3 cm³/mol. The van der Waals surface area contributed by atoms with Gasteiger partial charge in [0.1, 0.15) is 12.7 Å². The quantitative estimate of drug-likeness (QED) is 0.788. The Kier molecular flexibility index (Phi) is 6.70. The van der Waals surface area contributed by atoms with E-state index in [9.17, 15) is 18.0 Å². The molecule has 2 atom stereocenters. The van der Waals surface area contributed by atoms with Crippen LogP contribution in [0.25, 0.3) is 0 Å². The van der Waals surface area contributed by atoms with Crippen molar-refractivity contribution in [3.8, 4) is 0 Å². The Morgan fingerprint density at radius 1 is 1.35 bits per heavy atom. The fourth-order valence-corrected chi connectivity index (χ4v) is 1.83. The number of carbonyl (C=O) groups is 1. The molecule has 0 radical (unpaired) electrons. The second kappa shape index (κ2) is 7.80. The van der Waals surface area contributed by atoms with Crippen molar-refractivity contribution in [2.75, 3.05) is 39.5 Å². The average Bonchev–Trinajstić information content (AvgIpc) is 2.41. The molecule has 1 heterocycles. The summed E-state index contributed by atoms with van der Waals surface area (Å²) in [5.41, 5.74) is 0. The van der Waals surface area contributed by atoms with Crippen molar-refractivity contribution in [2.45, 2.75) is 32.2 Å². The molecule has 1 fully saturated rings. The van der Waals surface area contributed by atoms with E-state index in [0.717, 1.165) is 13.1 Å². The van der Waals surface area contributed by atoms with Crippen LogP contribution in [0.1, 0.15) is 13.8 Å². The molecule has 1 saturated heterocycles. The molecule has 1 amide bonds. The molecule has 20 heavy (non-hydrogen) atoms. The molecule has 0 saturated carbocycles. The number of hydrogen-bond donors (Lipinski definition) is 1. The third-order valence-electron chi connectivity index (χ3n) is 3.11. The topological polar surface area (TPSA) is 50.8 Å². The highest BCUT2D eigenvalue weighted by atomic mass is 19.4. The molecule has 0 aliphatic carbocycles. The zero-order valence-electron chi connectivity index (χ0n) is 11.7. The normalized spacial score (nSPS) is 20.4. The lowest BCUT2D eigenvalue weighted by atomic mass is 10.2.